The molecule has 0 aliphatic carbocycles. The first-order valence-electron chi connectivity index (χ1n) is 8.06. The smallest absolute Gasteiger partial charge is 0.137 e. The van der Waals surface area contributed by atoms with Crippen LogP contribution in [0.2, 0.25) is 10.0 Å². The van der Waals surface area contributed by atoms with Crippen molar-refractivity contribution in [3.05, 3.63) is 52.3 Å². The fraction of sp³-hybridized carbons (Fsp3) is 0.278. The Kier molecular flexibility index (Phi) is 4.12. The molecule has 1 aliphatic rings. The van der Waals surface area contributed by atoms with E-state index in [2.05, 4.69) is 9.30 Å². The number of imidazole rings is 1. The minimum Gasteiger partial charge on any atom is -0.398 e. The van der Waals surface area contributed by atoms with Crippen molar-refractivity contribution < 1.29 is 0 Å². The van der Waals surface area contributed by atoms with Gasteiger partial charge in [-0.15, -0.1) is 0 Å². The van der Waals surface area contributed by atoms with Gasteiger partial charge in [0.15, 0.2) is 0 Å². The highest BCUT2D eigenvalue weighted by Crippen LogP contribution is 2.32. The van der Waals surface area contributed by atoms with Gasteiger partial charge in [0.2, 0.25) is 0 Å². The number of nitrogens with zero attached hydrogens (tertiary/aromatic N) is 3. The van der Waals surface area contributed by atoms with Crippen molar-refractivity contribution in [3.8, 4) is 11.3 Å². The van der Waals surface area contributed by atoms with E-state index in [4.69, 9.17) is 33.9 Å². The van der Waals surface area contributed by atoms with Gasteiger partial charge in [-0.25, -0.2) is 4.98 Å². The van der Waals surface area contributed by atoms with Gasteiger partial charge in [-0.3, -0.25) is 4.90 Å². The summed E-state index contributed by atoms with van der Waals surface area (Å²) in [4.78, 5) is 7.27. The fourth-order valence-electron chi connectivity index (χ4n) is 3.29. The van der Waals surface area contributed by atoms with Crippen LogP contribution in [0, 0.1) is 0 Å². The number of rotatable bonds is 3. The highest BCUT2D eigenvalue weighted by molar-refractivity contribution is 6.42. The van der Waals surface area contributed by atoms with Crippen LogP contribution in [0.15, 0.2) is 36.5 Å². The molecule has 3 aromatic rings. The van der Waals surface area contributed by atoms with E-state index in [9.17, 15) is 0 Å². The highest BCUT2D eigenvalue weighted by atomic mass is 35.5. The molecule has 124 valence electrons. The minimum absolute atomic E-state index is 0.540. The zero-order valence-electron chi connectivity index (χ0n) is 13.2. The first kappa shape index (κ1) is 15.8. The zero-order valence-corrected chi connectivity index (χ0v) is 14.7. The van der Waals surface area contributed by atoms with Crippen molar-refractivity contribution in [2.45, 2.75) is 19.4 Å². The quantitative estimate of drug-likeness (QED) is 0.748. The van der Waals surface area contributed by atoms with Crippen LogP contribution in [-0.4, -0.2) is 27.4 Å². The molecule has 2 N–H and O–H groups in total. The van der Waals surface area contributed by atoms with Crippen LogP contribution in [0.3, 0.4) is 0 Å². The third-order valence-corrected chi connectivity index (χ3v) is 5.24. The molecular weight excluding hydrogens is 343 g/mol. The number of hydrogen-bond acceptors (Lipinski definition) is 3. The minimum atomic E-state index is 0.540. The third kappa shape index (κ3) is 2.86. The summed E-state index contributed by atoms with van der Waals surface area (Å²) in [5.74, 6) is 0. The second-order valence-electron chi connectivity index (χ2n) is 6.21. The largest absolute Gasteiger partial charge is 0.398 e. The van der Waals surface area contributed by atoms with E-state index in [-0.39, 0.29) is 0 Å². The molecular formula is C18H18Cl2N4. The van der Waals surface area contributed by atoms with Gasteiger partial charge < -0.3 is 10.1 Å². The van der Waals surface area contributed by atoms with Gasteiger partial charge >= 0.3 is 0 Å². The Hall–Kier alpha value is -1.75. The average Bonchev–Trinajstić information content (AvgIpc) is 3.19. The van der Waals surface area contributed by atoms with Gasteiger partial charge in [-0.2, -0.15) is 0 Å². The summed E-state index contributed by atoms with van der Waals surface area (Å²) in [6.07, 6.45) is 4.44. The van der Waals surface area contributed by atoms with Crippen molar-refractivity contribution in [1.29, 1.82) is 0 Å². The molecule has 1 aliphatic heterocycles. The average molecular weight is 361 g/mol. The number of hydrogen-bond donors (Lipinski definition) is 1. The van der Waals surface area contributed by atoms with Crippen LogP contribution in [0.4, 0.5) is 5.69 Å². The first-order chi connectivity index (χ1) is 11.6. The van der Waals surface area contributed by atoms with Gasteiger partial charge in [0.25, 0.3) is 0 Å². The second-order valence-corrected chi connectivity index (χ2v) is 7.02. The van der Waals surface area contributed by atoms with Crippen LogP contribution >= 0.6 is 23.2 Å². The molecule has 4 nitrogen and oxygen atoms in total. The summed E-state index contributed by atoms with van der Waals surface area (Å²) in [6, 6.07) is 9.48. The summed E-state index contributed by atoms with van der Waals surface area (Å²) in [5, 5.41) is 1.09. The van der Waals surface area contributed by atoms with Crippen LogP contribution in [0.5, 0.6) is 0 Å². The van der Waals surface area contributed by atoms with Gasteiger partial charge in [-0.05, 0) is 50.2 Å². The van der Waals surface area contributed by atoms with E-state index in [1.54, 1.807) is 0 Å². The maximum atomic E-state index is 6.21. The predicted octanol–water partition coefficient (Wildman–Crippen LogP) is 4.49. The number of benzene rings is 1. The highest BCUT2D eigenvalue weighted by Gasteiger charge is 2.20. The lowest BCUT2D eigenvalue weighted by molar-refractivity contribution is 0.327. The molecule has 24 heavy (non-hydrogen) atoms. The lowest BCUT2D eigenvalue weighted by Crippen LogP contribution is -2.20. The number of fused-ring (bicyclic) bond motifs is 1. The number of nitrogen functional groups attached to an aromatic ring is 1. The molecule has 4 rings (SSSR count). The Morgan fingerprint density at radius 2 is 1.83 bits per heavy atom. The molecule has 0 saturated carbocycles. The SMILES string of the molecule is Nc1ccc2nc(-c3ccc(Cl)c(Cl)c3)c(CN3CCCC3)n2c1. The fourth-order valence-corrected chi connectivity index (χ4v) is 3.59. The normalized spacial score (nSPS) is 15.4. The molecule has 0 atom stereocenters. The number of pyridine rings is 1. The Labute approximate surface area is 150 Å². The molecule has 0 unspecified atom stereocenters. The number of halogens is 2. The van der Waals surface area contributed by atoms with E-state index >= 15 is 0 Å². The van der Waals surface area contributed by atoms with E-state index in [1.165, 1.54) is 12.8 Å². The van der Waals surface area contributed by atoms with Crippen LogP contribution in [0.25, 0.3) is 16.9 Å². The summed E-state index contributed by atoms with van der Waals surface area (Å²) in [5.41, 5.74) is 10.7. The van der Waals surface area contributed by atoms with Gasteiger partial charge in [0, 0.05) is 24.0 Å². The molecule has 0 radical (unpaired) electrons. The molecule has 1 saturated heterocycles. The monoisotopic (exact) mass is 360 g/mol. The standard InChI is InChI=1S/C18H18Cl2N4/c19-14-5-3-12(9-15(14)20)18-16(11-23-7-1-2-8-23)24-10-13(21)4-6-17(24)22-18/h3-6,9-10H,1-2,7-8,11,21H2. The summed E-state index contributed by atoms with van der Waals surface area (Å²) >= 11 is 12.3. The maximum absolute atomic E-state index is 6.21. The molecule has 1 aromatic carbocycles. The molecule has 0 spiro atoms. The Balaban J connectivity index is 1.87. The van der Waals surface area contributed by atoms with Crippen molar-refractivity contribution in [2.24, 2.45) is 0 Å². The number of aromatic nitrogens is 2. The summed E-state index contributed by atoms with van der Waals surface area (Å²) in [7, 11) is 0. The van der Waals surface area contributed by atoms with Crippen molar-refractivity contribution in [3.63, 3.8) is 0 Å². The van der Waals surface area contributed by atoms with Crippen molar-refractivity contribution >= 4 is 34.5 Å². The van der Waals surface area contributed by atoms with E-state index in [1.807, 2.05) is 36.5 Å². The zero-order chi connectivity index (χ0) is 16.7. The Bertz CT molecular complexity index is 897. The molecule has 6 heteroatoms. The van der Waals surface area contributed by atoms with Crippen LogP contribution < -0.4 is 5.73 Å². The van der Waals surface area contributed by atoms with Crippen molar-refractivity contribution in [1.82, 2.24) is 14.3 Å². The molecule has 0 bridgehead atoms. The maximum Gasteiger partial charge on any atom is 0.137 e. The van der Waals surface area contributed by atoms with Gasteiger partial charge in [0.1, 0.15) is 5.65 Å². The Morgan fingerprint density at radius 1 is 1.04 bits per heavy atom. The number of likely N-dealkylation sites (tertiary alicyclic amines) is 1. The van der Waals surface area contributed by atoms with Gasteiger partial charge in [0.05, 0.1) is 21.4 Å². The lowest BCUT2D eigenvalue weighted by atomic mass is 10.1. The first-order valence-corrected chi connectivity index (χ1v) is 8.81. The Morgan fingerprint density at radius 3 is 2.58 bits per heavy atom. The molecule has 2 aromatic heterocycles. The van der Waals surface area contributed by atoms with Crippen LogP contribution in [0.1, 0.15) is 18.5 Å². The topological polar surface area (TPSA) is 46.6 Å². The third-order valence-electron chi connectivity index (χ3n) is 4.51. The summed E-state index contributed by atoms with van der Waals surface area (Å²) in [6.45, 7) is 3.09. The second kappa shape index (κ2) is 6.28. The number of nitrogens with two attached hydrogens (primary N) is 1. The van der Waals surface area contributed by atoms with E-state index in [0.29, 0.717) is 10.0 Å². The number of anilines is 1. The lowest BCUT2D eigenvalue weighted by Gasteiger charge is -2.16. The molecule has 3 heterocycles. The van der Waals surface area contributed by atoms with Gasteiger partial charge in [-0.1, -0.05) is 29.3 Å². The predicted molar refractivity (Wildman–Crippen MR) is 99.6 cm³/mol. The van der Waals surface area contributed by atoms with Crippen LogP contribution in [-0.2, 0) is 6.54 Å². The van der Waals surface area contributed by atoms with E-state index in [0.717, 1.165) is 47.9 Å². The molecule has 1 fully saturated rings. The van der Waals surface area contributed by atoms with E-state index < -0.39 is 0 Å². The van der Waals surface area contributed by atoms with Crippen molar-refractivity contribution in [2.75, 3.05) is 18.8 Å². The molecule has 0 amide bonds. The summed E-state index contributed by atoms with van der Waals surface area (Å²) < 4.78 is 2.09.